The predicted octanol–water partition coefficient (Wildman–Crippen LogP) is 4.58. The summed E-state index contributed by atoms with van der Waals surface area (Å²) in [6.45, 7) is 3.07. The van der Waals surface area contributed by atoms with E-state index in [9.17, 15) is 14.4 Å². The summed E-state index contributed by atoms with van der Waals surface area (Å²) in [6, 6.07) is 9.83. The molecule has 9 heteroatoms. The first-order valence-electron chi connectivity index (χ1n) is 8.28. The Morgan fingerprint density at radius 3 is 2.43 bits per heavy atom. The molecule has 0 bridgehead atoms. The summed E-state index contributed by atoms with van der Waals surface area (Å²) in [7, 11) is 0. The lowest BCUT2D eigenvalue weighted by Crippen LogP contribution is -2.42. The molecule has 146 valence electrons. The van der Waals surface area contributed by atoms with Crippen LogP contribution in [0.5, 0.6) is 0 Å². The van der Waals surface area contributed by atoms with E-state index in [1.54, 1.807) is 31.2 Å². The van der Waals surface area contributed by atoms with Crippen molar-refractivity contribution >= 4 is 67.0 Å². The van der Waals surface area contributed by atoms with Crippen molar-refractivity contribution < 1.29 is 14.4 Å². The lowest BCUT2D eigenvalue weighted by atomic mass is 9.92. The monoisotopic (exact) mass is 527 g/mol. The van der Waals surface area contributed by atoms with Gasteiger partial charge in [0.15, 0.2) is 0 Å². The van der Waals surface area contributed by atoms with Crippen LogP contribution in [0.1, 0.15) is 18.1 Å². The highest BCUT2D eigenvalue weighted by Crippen LogP contribution is 2.34. The van der Waals surface area contributed by atoms with Gasteiger partial charge in [-0.3, -0.25) is 14.5 Å². The topological polar surface area (TPSA) is 78.5 Å². The first kappa shape index (κ1) is 20.8. The maximum absolute atomic E-state index is 12.9. The number of carbonyl (C=O) groups excluding carboxylic acids is 3. The third-order valence-electron chi connectivity index (χ3n) is 4.44. The molecule has 6 nitrogen and oxygen atoms in total. The van der Waals surface area contributed by atoms with Gasteiger partial charge in [0.1, 0.15) is 12.1 Å². The molecule has 4 amide bonds. The van der Waals surface area contributed by atoms with Gasteiger partial charge in [0, 0.05) is 19.5 Å². The van der Waals surface area contributed by atoms with Crippen LogP contribution >= 0.6 is 43.5 Å². The van der Waals surface area contributed by atoms with Gasteiger partial charge in [-0.2, -0.15) is 0 Å². The van der Waals surface area contributed by atoms with Crippen molar-refractivity contribution in [3.8, 4) is 0 Å². The number of nitrogens with one attached hydrogen (secondary N) is 2. The Balaban J connectivity index is 1.80. The number of imide groups is 1. The zero-order valence-corrected chi connectivity index (χ0v) is 18.9. The van der Waals surface area contributed by atoms with Crippen molar-refractivity contribution in [3.05, 3.63) is 61.5 Å². The third kappa shape index (κ3) is 3.81. The minimum absolute atomic E-state index is 0.359. The van der Waals surface area contributed by atoms with E-state index in [2.05, 4.69) is 42.5 Å². The number of hydrogen-bond acceptors (Lipinski definition) is 3. The maximum atomic E-state index is 12.9. The van der Waals surface area contributed by atoms with E-state index in [0.29, 0.717) is 25.2 Å². The highest BCUT2D eigenvalue weighted by atomic mass is 79.9. The molecule has 0 spiro atoms. The van der Waals surface area contributed by atoms with Crippen LogP contribution in [0.4, 0.5) is 10.5 Å². The zero-order valence-electron chi connectivity index (χ0n) is 15.0. The maximum Gasteiger partial charge on any atom is 0.325 e. The molecule has 2 aromatic rings. The number of rotatable bonds is 4. The number of aryl methyl sites for hydroxylation is 1. The van der Waals surface area contributed by atoms with Gasteiger partial charge in [0.25, 0.3) is 5.91 Å². The van der Waals surface area contributed by atoms with Gasteiger partial charge in [-0.05, 0) is 69.5 Å². The van der Waals surface area contributed by atoms with Crippen molar-refractivity contribution in [1.82, 2.24) is 10.2 Å². The molecule has 0 aliphatic carbocycles. The predicted molar refractivity (Wildman–Crippen MR) is 114 cm³/mol. The summed E-state index contributed by atoms with van der Waals surface area (Å²) in [6.07, 6.45) is 0. The number of benzene rings is 2. The van der Waals surface area contributed by atoms with E-state index in [-0.39, 0.29) is 0 Å². The van der Waals surface area contributed by atoms with Crippen molar-refractivity contribution in [2.24, 2.45) is 0 Å². The molecule has 1 atom stereocenters. The van der Waals surface area contributed by atoms with Gasteiger partial charge < -0.3 is 10.6 Å². The molecule has 0 radical (unpaired) electrons. The van der Waals surface area contributed by atoms with Crippen molar-refractivity contribution in [2.75, 3.05) is 11.9 Å². The average Bonchev–Trinajstić information content (AvgIpc) is 2.82. The Kier molecular flexibility index (Phi) is 5.84. The van der Waals surface area contributed by atoms with E-state index in [4.69, 9.17) is 11.6 Å². The SMILES string of the molecule is Cc1cc(Br)c(NC(=O)CN2C(=O)N[C@@](C)(c3ccccc3Cl)C2=O)c(Br)c1. The van der Waals surface area contributed by atoms with Crippen molar-refractivity contribution in [3.63, 3.8) is 0 Å². The molecule has 1 heterocycles. The summed E-state index contributed by atoms with van der Waals surface area (Å²) in [5, 5.41) is 5.72. The van der Waals surface area contributed by atoms with Crippen LogP contribution in [0.3, 0.4) is 0 Å². The molecule has 3 rings (SSSR count). The lowest BCUT2D eigenvalue weighted by Gasteiger charge is -2.23. The minimum Gasteiger partial charge on any atom is -0.323 e. The Labute approximate surface area is 183 Å². The van der Waals surface area contributed by atoms with E-state index < -0.39 is 29.9 Å². The molecular formula is C19H16Br2ClN3O3. The number of nitrogens with zero attached hydrogens (tertiary/aromatic N) is 1. The van der Waals surface area contributed by atoms with E-state index in [1.807, 2.05) is 19.1 Å². The van der Waals surface area contributed by atoms with E-state index >= 15 is 0 Å². The van der Waals surface area contributed by atoms with Gasteiger partial charge >= 0.3 is 6.03 Å². The van der Waals surface area contributed by atoms with Crippen LogP contribution in [0.15, 0.2) is 45.3 Å². The molecule has 0 unspecified atom stereocenters. The van der Waals surface area contributed by atoms with E-state index in [1.165, 1.54) is 0 Å². The number of anilines is 1. The summed E-state index contributed by atoms with van der Waals surface area (Å²) < 4.78 is 1.37. The highest BCUT2D eigenvalue weighted by Gasteiger charge is 2.50. The fourth-order valence-corrected chi connectivity index (χ4v) is 4.97. The molecule has 1 saturated heterocycles. The second kappa shape index (κ2) is 7.85. The Bertz CT molecular complexity index is 975. The summed E-state index contributed by atoms with van der Waals surface area (Å²) in [4.78, 5) is 38.7. The molecule has 0 aromatic heterocycles. The molecule has 0 saturated carbocycles. The van der Waals surface area contributed by atoms with Gasteiger partial charge in [-0.25, -0.2) is 4.79 Å². The number of urea groups is 1. The van der Waals surface area contributed by atoms with Crippen LogP contribution in [0.2, 0.25) is 5.02 Å². The van der Waals surface area contributed by atoms with Crippen molar-refractivity contribution in [2.45, 2.75) is 19.4 Å². The van der Waals surface area contributed by atoms with Crippen LogP contribution in [-0.2, 0) is 15.1 Å². The largest absolute Gasteiger partial charge is 0.325 e. The molecule has 1 aliphatic heterocycles. The Morgan fingerprint density at radius 2 is 1.82 bits per heavy atom. The summed E-state index contributed by atoms with van der Waals surface area (Å²) >= 11 is 13.0. The second-order valence-electron chi connectivity index (χ2n) is 6.58. The number of halogens is 3. The number of carbonyl (C=O) groups is 3. The van der Waals surface area contributed by atoms with E-state index in [0.717, 1.165) is 10.5 Å². The van der Waals surface area contributed by atoms with Crippen LogP contribution in [0.25, 0.3) is 0 Å². The van der Waals surface area contributed by atoms with Gasteiger partial charge in [0.05, 0.1) is 5.69 Å². The fourth-order valence-electron chi connectivity index (χ4n) is 3.03. The summed E-state index contributed by atoms with van der Waals surface area (Å²) in [5.41, 5.74) is 0.667. The minimum atomic E-state index is -1.33. The first-order valence-corrected chi connectivity index (χ1v) is 10.2. The lowest BCUT2D eigenvalue weighted by molar-refractivity contribution is -0.133. The molecular weight excluding hydrogens is 513 g/mol. The van der Waals surface area contributed by atoms with Crippen molar-refractivity contribution in [1.29, 1.82) is 0 Å². The third-order valence-corrected chi connectivity index (χ3v) is 6.02. The smallest absolute Gasteiger partial charge is 0.323 e. The normalized spacial score (nSPS) is 19.0. The molecule has 2 N–H and O–H groups in total. The standard InChI is InChI=1S/C19H16Br2ClN3O3/c1-10-7-12(20)16(13(21)8-10)23-15(26)9-25-17(27)19(2,24-18(25)28)11-5-3-4-6-14(11)22/h3-8H,9H2,1-2H3,(H,23,26)(H,24,28)/t19-/m0/s1. The van der Waals surface area contributed by atoms with Crippen LogP contribution in [-0.4, -0.2) is 29.3 Å². The second-order valence-corrected chi connectivity index (χ2v) is 8.69. The zero-order chi connectivity index (χ0) is 20.6. The van der Waals surface area contributed by atoms with Crippen LogP contribution < -0.4 is 10.6 Å². The Morgan fingerprint density at radius 1 is 1.21 bits per heavy atom. The molecule has 1 fully saturated rings. The molecule has 28 heavy (non-hydrogen) atoms. The first-order chi connectivity index (χ1) is 13.1. The molecule has 2 aromatic carbocycles. The van der Waals surface area contributed by atoms with Gasteiger partial charge in [-0.1, -0.05) is 29.8 Å². The Hall–Kier alpha value is -1.90. The highest BCUT2D eigenvalue weighted by molar-refractivity contribution is 9.11. The fraction of sp³-hybridized carbons (Fsp3) is 0.211. The van der Waals surface area contributed by atoms with Gasteiger partial charge in [-0.15, -0.1) is 0 Å². The quantitative estimate of drug-likeness (QED) is 0.570. The van der Waals surface area contributed by atoms with Gasteiger partial charge in [0.2, 0.25) is 5.91 Å². The summed E-state index contributed by atoms with van der Waals surface area (Å²) in [5.74, 6) is -1.04. The number of hydrogen-bond donors (Lipinski definition) is 2. The van der Waals surface area contributed by atoms with Crippen LogP contribution in [0, 0.1) is 6.92 Å². The average molecular weight is 530 g/mol. The number of amides is 4. The molecule has 1 aliphatic rings.